The third kappa shape index (κ3) is 4.97. The van der Waals surface area contributed by atoms with E-state index in [1.807, 2.05) is 0 Å². The van der Waals surface area contributed by atoms with Gasteiger partial charge in [-0.1, -0.05) is 6.07 Å². The molecule has 9 heteroatoms. The van der Waals surface area contributed by atoms with Crippen molar-refractivity contribution >= 4 is 11.5 Å². The molecule has 1 N–H and O–H groups in total. The first-order chi connectivity index (χ1) is 10.7. The van der Waals surface area contributed by atoms with Crippen LogP contribution in [0.5, 0.6) is 17.6 Å². The van der Waals surface area contributed by atoms with Gasteiger partial charge in [0.05, 0.1) is 26.0 Å². The molecule has 8 nitrogen and oxygen atoms in total. The third-order valence-corrected chi connectivity index (χ3v) is 2.52. The van der Waals surface area contributed by atoms with E-state index in [1.165, 1.54) is 45.1 Å². The normalized spacial score (nSPS) is 10.4. The number of esters is 1. The molecule has 1 radical (unpaired) electrons. The van der Waals surface area contributed by atoms with Gasteiger partial charge in [0.15, 0.2) is 0 Å². The number of hydrogen-bond acceptors (Lipinski definition) is 8. The van der Waals surface area contributed by atoms with Crippen LogP contribution in [0, 0.1) is 0 Å². The molecule has 0 aliphatic carbocycles. The third-order valence-electron chi connectivity index (χ3n) is 2.52. The summed E-state index contributed by atoms with van der Waals surface area (Å²) in [5.74, 6) is -0.650. The van der Waals surface area contributed by atoms with Crippen molar-refractivity contribution in [3.63, 3.8) is 0 Å². The van der Waals surface area contributed by atoms with Crippen molar-refractivity contribution in [2.75, 3.05) is 14.2 Å². The van der Waals surface area contributed by atoms with Crippen LogP contribution in [0.25, 0.3) is 5.57 Å². The van der Waals surface area contributed by atoms with E-state index in [-0.39, 0.29) is 61.5 Å². The van der Waals surface area contributed by atoms with Crippen LogP contribution < -0.4 is 4.74 Å². The summed E-state index contributed by atoms with van der Waals surface area (Å²) in [5.41, 5.74) is 0.349. The van der Waals surface area contributed by atoms with E-state index >= 15 is 0 Å². The quantitative estimate of drug-likeness (QED) is 0.464. The summed E-state index contributed by atoms with van der Waals surface area (Å²) < 4.78 is 15.1. The van der Waals surface area contributed by atoms with E-state index in [0.717, 1.165) is 0 Å². The van der Waals surface area contributed by atoms with Crippen LogP contribution in [0.15, 0.2) is 37.0 Å². The monoisotopic (exact) mass is 392 g/mol. The van der Waals surface area contributed by atoms with Crippen molar-refractivity contribution < 1.29 is 56.8 Å². The summed E-state index contributed by atoms with van der Waals surface area (Å²) in [6.45, 7) is 0. The number of aromatic hydroxyl groups is 1. The first kappa shape index (κ1) is 19.0. The van der Waals surface area contributed by atoms with Crippen LogP contribution in [-0.4, -0.2) is 40.2 Å². The van der Waals surface area contributed by atoms with Crippen LogP contribution >= 0.6 is 0 Å². The number of methoxy groups -OCH3 is 2. The molecule has 0 aromatic carbocycles. The Kier molecular flexibility index (Phi) is 7.57. The van der Waals surface area contributed by atoms with Gasteiger partial charge in [-0.15, -0.1) is 0 Å². The molecule has 0 saturated carbocycles. The van der Waals surface area contributed by atoms with Crippen molar-refractivity contribution in [1.82, 2.24) is 15.0 Å². The Labute approximate surface area is 157 Å². The zero-order valence-corrected chi connectivity index (χ0v) is 15.3. The Bertz CT molecular complexity index is 708. The number of rotatable bonds is 5. The molecule has 0 saturated heterocycles. The molecule has 0 unspecified atom stereocenters. The van der Waals surface area contributed by atoms with Crippen molar-refractivity contribution in [3.8, 4) is 17.6 Å². The van der Waals surface area contributed by atoms with E-state index in [2.05, 4.69) is 19.7 Å². The maximum absolute atomic E-state index is 11.8. The molecule has 117 valence electrons. The van der Waals surface area contributed by atoms with Crippen LogP contribution in [0.2, 0.25) is 0 Å². The smallest absolute Gasteiger partial charge is 0.341 e. The number of nitrogens with zero attached hydrogens (tertiary/aromatic N) is 3. The molecule has 0 aliphatic rings. The van der Waals surface area contributed by atoms with Crippen LogP contribution in [0.1, 0.15) is 5.56 Å². The second kappa shape index (κ2) is 9.17. The molecule has 2 heterocycles. The number of ether oxygens (including phenoxy) is 3. The fourth-order valence-corrected chi connectivity index (χ4v) is 1.59. The molecular formula is C14H13N3O5Y. The predicted octanol–water partition coefficient (Wildman–Crippen LogP) is 1.53. The Morgan fingerprint density at radius 1 is 1.30 bits per heavy atom. The van der Waals surface area contributed by atoms with Crippen LogP contribution in [-0.2, 0) is 47.0 Å². The molecule has 2 aromatic heterocycles. The summed E-state index contributed by atoms with van der Waals surface area (Å²) in [4.78, 5) is 23.4. The Morgan fingerprint density at radius 3 is 2.74 bits per heavy atom. The van der Waals surface area contributed by atoms with Crippen molar-refractivity contribution in [3.05, 3.63) is 42.5 Å². The summed E-state index contributed by atoms with van der Waals surface area (Å²) in [7, 11) is 2.64. The largest absolute Gasteiger partial charge is 0.503 e. The summed E-state index contributed by atoms with van der Waals surface area (Å²) >= 11 is 0. The SMILES string of the molecule is CO/C=C(\C(=O)OC)c1cncnc1Oc1cccc(O)n1.[Y]. The second-order valence-electron chi connectivity index (χ2n) is 3.94. The molecule has 2 aromatic rings. The molecule has 0 fully saturated rings. The van der Waals surface area contributed by atoms with E-state index in [9.17, 15) is 9.90 Å². The first-order valence-corrected chi connectivity index (χ1v) is 6.11. The topological polar surface area (TPSA) is 104 Å². The van der Waals surface area contributed by atoms with E-state index in [1.54, 1.807) is 6.07 Å². The Balaban J connectivity index is 0.00000264. The number of carbonyl (C=O) groups is 1. The number of pyridine rings is 1. The average molecular weight is 392 g/mol. The van der Waals surface area contributed by atoms with E-state index in [4.69, 9.17) is 9.47 Å². The van der Waals surface area contributed by atoms with E-state index < -0.39 is 5.97 Å². The maximum atomic E-state index is 11.8. The zero-order chi connectivity index (χ0) is 15.9. The van der Waals surface area contributed by atoms with Crippen molar-refractivity contribution in [2.24, 2.45) is 0 Å². The number of hydrogen-bond donors (Lipinski definition) is 1. The minimum atomic E-state index is -0.634. The second-order valence-corrected chi connectivity index (χ2v) is 3.94. The molecule has 0 spiro atoms. The molecule has 0 atom stereocenters. The van der Waals surface area contributed by atoms with Crippen molar-refractivity contribution in [1.29, 1.82) is 0 Å². The van der Waals surface area contributed by atoms with Crippen LogP contribution in [0.3, 0.4) is 0 Å². The molecule has 0 amide bonds. The fraction of sp³-hybridized carbons (Fsp3) is 0.143. The van der Waals surface area contributed by atoms with Gasteiger partial charge in [-0.25, -0.2) is 14.8 Å². The molecule has 2 rings (SSSR count). The minimum absolute atomic E-state index is 0. The zero-order valence-electron chi connectivity index (χ0n) is 12.5. The summed E-state index contributed by atoms with van der Waals surface area (Å²) in [5, 5.41) is 9.35. The number of carbonyl (C=O) groups excluding carboxylic acids is 1. The molecular weight excluding hydrogens is 379 g/mol. The van der Waals surface area contributed by atoms with Gasteiger partial charge < -0.3 is 19.3 Å². The van der Waals surface area contributed by atoms with E-state index in [0.29, 0.717) is 0 Å². The summed E-state index contributed by atoms with van der Waals surface area (Å²) in [6, 6.07) is 4.49. The minimum Gasteiger partial charge on any atom is -0.503 e. The van der Waals surface area contributed by atoms with Crippen molar-refractivity contribution in [2.45, 2.75) is 0 Å². The van der Waals surface area contributed by atoms with Gasteiger partial charge in [-0.05, 0) is 0 Å². The Morgan fingerprint density at radius 2 is 2.09 bits per heavy atom. The average Bonchev–Trinajstić information content (AvgIpc) is 2.53. The summed E-state index contributed by atoms with van der Waals surface area (Å²) in [6.07, 6.45) is 3.84. The predicted molar refractivity (Wildman–Crippen MR) is 75.0 cm³/mol. The van der Waals surface area contributed by atoms with Gasteiger partial charge in [0.2, 0.25) is 17.6 Å². The van der Waals surface area contributed by atoms with Crippen LogP contribution in [0.4, 0.5) is 0 Å². The molecule has 0 bridgehead atoms. The van der Waals surface area contributed by atoms with Gasteiger partial charge in [-0.2, -0.15) is 4.98 Å². The Hall–Kier alpha value is -2.06. The number of aromatic nitrogens is 3. The van der Waals surface area contributed by atoms with Gasteiger partial charge in [0.1, 0.15) is 11.9 Å². The first-order valence-electron chi connectivity index (χ1n) is 6.11. The van der Waals surface area contributed by atoms with Gasteiger partial charge in [0.25, 0.3) is 0 Å². The fourth-order valence-electron chi connectivity index (χ4n) is 1.59. The van der Waals surface area contributed by atoms with Gasteiger partial charge in [0, 0.05) is 51.0 Å². The molecule has 0 aliphatic heterocycles. The standard InChI is InChI=1S/C14H13N3O5.Y/c1-20-7-10(14(19)21-2)9-6-15-8-16-13(9)22-12-5-3-4-11(18)17-12;/h3-8H,1-2H3,(H,17,18);/b10-7-;. The van der Waals surface area contributed by atoms with Gasteiger partial charge in [-0.3, -0.25) is 0 Å². The van der Waals surface area contributed by atoms with Gasteiger partial charge >= 0.3 is 5.97 Å². The maximum Gasteiger partial charge on any atom is 0.341 e. The molecule has 23 heavy (non-hydrogen) atoms.